The Kier molecular flexibility index (Phi) is 5.62. The normalized spacial score (nSPS) is 10.7. The van der Waals surface area contributed by atoms with Crippen LogP contribution in [0.1, 0.15) is 31.2 Å². The third kappa shape index (κ3) is 4.10. The van der Waals surface area contributed by atoms with E-state index in [0.29, 0.717) is 0 Å². The van der Waals surface area contributed by atoms with Gasteiger partial charge in [-0.05, 0) is 37.0 Å². The van der Waals surface area contributed by atoms with Crippen LogP contribution in [-0.4, -0.2) is 21.3 Å². The number of aliphatic hydroxyl groups is 1. The van der Waals surface area contributed by atoms with Crippen molar-refractivity contribution in [1.29, 1.82) is 0 Å². The molecule has 2 aromatic rings. The number of benzene rings is 1. The zero-order valence-corrected chi connectivity index (χ0v) is 12.0. The molecule has 0 radical (unpaired) electrons. The van der Waals surface area contributed by atoms with Crippen LogP contribution in [0.15, 0.2) is 36.7 Å². The van der Waals surface area contributed by atoms with Gasteiger partial charge in [-0.25, -0.2) is 4.98 Å². The van der Waals surface area contributed by atoms with Gasteiger partial charge in [-0.2, -0.15) is 0 Å². The van der Waals surface area contributed by atoms with Crippen LogP contribution < -0.4 is 5.32 Å². The van der Waals surface area contributed by atoms with Crippen molar-refractivity contribution in [2.75, 3.05) is 11.9 Å². The lowest BCUT2D eigenvalue weighted by Crippen LogP contribution is -2.08. The standard InChI is InChI=1S/C16H23N3O/c1-2-9-19-10-8-17-16(19)13-18-15-7-3-5-14(12-15)6-4-11-20/h3,5,7-8,10,12,18,20H,2,4,6,9,11,13H2,1H3. The minimum atomic E-state index is 0.242. The van der Waals surface area contributed by atoms with E-state index in [1.165, 1.54) is 5.56 Å². The molecule has 2 N–H and O–H groups in total. The van der Waals surface area contributed by atoms with E-state index in [1.807, 2.05) is 18.5 Å². The van der Waals surface area contributed by atoms with Crippen LogP contribution >= 0.6 is 0 Å². The molecule has 0 aliphatic heterocycles. The molecule has 0 bridgehead atoms. The van der Waals surface area contributed by atoms with E-state index < -0.39 is 0 Å². The summed E-state index contributed by atoms with van der Waals surface area (Å²) in [6.45, 7) is 4.15. The molecule has 0 saturated heterocycles. The number of aliphatic hydroxyl groups excluding tert-OH is 1. The summed E-state index contributed by atoms with van der Waals surface area (Å²) in [6, 6.07) is 8.35. The van der Waals surface area contributed by atoms with Gasteiger partial charge in [-0.3, -0.25) is 0 Å². The van der Waals surface area contributed by atoms with Gasteiger partial charge in [0.2, 0.25) is 0 Å². The highest BCUT2D eigenvalue weighted by Gasteiger charge is 2.02. The maximum absolute atomic E-state index is 8.88. The summed E-state index contributed by atoms with van der Waals surface area (Å²) in [5.74, 6) is 1.06. The summed E-state index contributed by atoms with van der Waals surface area (Å²) >= 11 is 0. The maximum Gasteiger partial charge on any atom is 0.128 e. The van der Waals surface area contributed by atoms with E-state index in [-0.39, 0.29) is 6.61 Å². The molecule has 1 aromatic carbocycles. The molecule has 0 aliphatic rings. The number of rotatable bonds is 8. The minimum Gasteiger partial charge on any atom is -0.396 e. The number of hydrogen-bond acceptors (Lipinski definition) is 3. The van der Waals surface area contributed by atoms with Crippen molar-refractivity contribution >= 4 is 5.69 Å². The van der Waals surface area contributed by atoms with Crippen molar-refractivity contribution in [2.24, 2.45) is 0 Å². The Hall–Kier alpha value is -1.81. The lowest BCUT2D eigenvalue weighted by molar-refractivity contribution is 0.288. The summed E-state index contributed by atoms with van der Waals surface area (Å²) in [7, 11) is 0. The molecular weight excluding hydrogens is 250 g/mol. The van der Waals surface area contributed by atoms with Crippen LogP contribution in [0.25, 0.3) is 0 Å². The SMILES string of the molecule is CCCn1ccnc1CNc1cccc(CCCO)c1. The highest BCUT2D eigenvalue weighted by atomic mass is 16.2. The number of aromatic nitrogens is 2. The molecule has 0 fully saturated rings. The molecule has 0 spiro atoms. The van der Waals surface area contributed by atoms with Gasteiger partial charge in [0.25, 0.3) is 0 Å². The molecule has 1 aromatic heterocycles. The summed E-state index contributed by atoms with van der Waals surface area (Å²) < 4.78 is 2.18. The smallest absolute Gasteiger partial charge is 0.128 e. The van der Waals surface area contributed by atoms with Gasteiger partial charge in [0, 0.05) is 31.2 Å². The average Bonchev–Trinajstić information content (AvgIpc) is 2.91. The predicted octanol–water partition coefficient (Wildman–Crippen LogP) is 2.83. The fourth-order valence-electron chi connectivity index (χ4n) is 2.25. The number of hydrogen-bond donors (Lipinski definition) is 2. The van der Waals surface area contributed by atoms with Gasteiger partial charge >= 0.3 is 0 Å². The molecule has 2 rings (SSSR count). The van der Waals surface area contributed by atoms with E-state index in [4.69, 9.17) is 5.11 Å². The minimum absolute atomic E-state index is 0.242. The molecule has 0 aliphatic carbocycles. The first-order valence-corrected chi connectivity index (χ1v) is 7.27. The number of nitrogens with one attached hydrogen (secondary N) is 1. The van der Waals surface area contributed by atoms with E-state index in [0.717, 1.165) is 43.9 Å². The lowest BCUT2D eigenvalue weighted by atomic mass is 10.1. The van der Waals surface area contributed by atoms with Crippen molar-refractivity contribution < 1.29 is 5.11 Å². The Morgan fingerprint density at radius 2 is 2.25 bits per heavy atom. The van der Waals surface area contributed by atoms with Crippen molar-refractivity contribution in [3.63, 3.8) is 0 Å². The first-order valence-electron chi connectivity index (χ1n) is 7.27. The molecule has 20 heavy (non-hydrogen) atoms. The number of nitrogens with zero attached hydrogens (tertiary/aromatic N) is 2. The summed E-state index contributed by atoms with van der Waals surface area (Å²) in [5, 5.41) is 12.3. The number of anilines is 1. The second-order valence-corrected chi connectivity index (χ2v) is 4.92. The number of aryl methyl sites for hydroxylation is 2. The van der Waals surface area contributed by atoms with Crippen LogP contribution in [0.4, 0.5) is 5.69 Å². The van der Waals surface area contributed by atoms with Crippen molar-refractivity contribution in [3.8, 4) is 0 Å². The van der Waals surface area contributed by atoms with Crippen LogP contribution in [0.5, 0.6) is 0 Å². The predicted molar refractivity (Wildman–Crippen MR) is 81.7 cm³/mol. The quantitative estimate of drug-likeness (QED) is 0.777. The van der Waals surface area contributed by atoms with Gasteiger partial charge in [0.05, 0.1) is 6.54 Å². The maximum atomic E-state index is 8.88. The molecule has 4 nitrogen and oxygen atoms in total. The first kappa shape index (κ1) is 14.6. The highest BCUT2D eigenvalue weighted by molar-refractivity contribution is 5.45. The van der Waals surface area contributed by atoms with Gasteiger partial charge < -0.3 is 15.0 Å². The zero-order valence-electron chi connectivity index (χ0n) is 12.0. The van der Waals surface area contributed by atoms with Crippen molar-refractivity contribution in [2.45, 2.75) is 39.3 Å². The van der Waals surface area contributed by atoms with Gasteiger partial charge in [-0.15, -0.1) is 0 Å². The first-order chi connectivity index (χ1) is 9.83. The summed E-state index contributed by atoms with van der Waals surface area (Å²) in [6.07, 6.45) is 6.71. The summed E-state index contributed by atoms with van der Waals surface area (Å²) in [5.41, 5.74) is 2.35. The topological polar surface area (TPSA) is 50.1 Å². The van der Waals surface area contributed by atoms with E-state index >= 15 is 0 Å². The summed E-state index contributed by atoms with van der Waals surface area (Å²) in [4.78, 5) is 4.39. The van der Waals surface area contributed by atoms with Crippen LogP contribution in [0, 0.1) is 0 Å². The molecule has 4 heteroatoms. The third-order valence-electron chi connectivity index (χ3n) is 3.27. The van der Waals surface area contributed by atoms with Crippen molar-refractivity contribution in [3.05, 3.63) is 48.0 Å². The highest BCUT2D eigenvalue weighted by Crippen LogP contribution is 2.13. The molecule has 0 amide bonds. The van der Waals surface area contributed by atoms with E-state index in [2.05, 4.69) is 40.0 Å². The molecule has 108 valence electrons. The molecule has 0 saturated carbocycles. The van der Waals surface area contributed by atoms with Gasteiger partial charge in [0.15, 0.2) is 0 Å². The third-order valence-corrected chi connectivity index (χ3v) is 3.27. The molecular formula is C16H23N3O. The molecule has 0 unspecified atom stereocenters. The Balaban J connectivity index is 1.94. The second-order valence-electron chi connectivity index (χ2n) is 4.92. The monoisotopic (exact) mass is 273 g/mol. The Morgan fingerprint density at radius 1 is 1.35 bits per heavy atom. The second kappa shape index (κ2) is 7.70. The molecule has 1 heterocycles. The van der Waals surface area contributed by atoms with Crippen LogP contribution in [0.2, 0.25) is 0 Å². The Morgan fingerprint density at radius 3 is 3.05 bits per heavy atom. The van der Waals surface area contributed by atoms with Crippen molar-refractivity contribution in [1.82, 2.24) is 9.55 Å². The average molecular weight is 273 g/mol. The van der Waals surface area contributed by atoms with Crippen LogP contribution in [-0.2, 0) is 19.5 Å². The molecule has 0 atom stereocenters. The van der Waals surface area contributed by atoms with E-state index in [9.17, 15) is 0 Å². The van der Waals surface area contributed by atoms with Crippen LogP contribution in [0.3, 0.4) is 0 Å². The zero-order chi connectivity index (χ0) is 14.2. The fourth-order valence-corrected chi connectivity index (χ4v) is 2.25. The Bertz CT molecular complexity index is 522. The largest absolute Gasteiger partial charge is 0.396 e. The van der Waals surface area contributed by atoms with E-state index in [1.54, 1.807) is 0 Å². The fraction of sp³-hybridized carbons (Fsp3) is 0.438. The van der Waals surface area contributed by atoms with Gasteiger partial charge in [-0.1, -0.05) is 19.1 Å². The van der Waals surface area contributed by atoms with Gasteiger partial charge in [0.1, 0.15) is 5.82 Å². The number of imidazole rings is 1. The lowest BCUT2D eigenvalue weighted by Gasteiger charge is -2.10. The Labute approximate surface area is 120 Å².